The molecule has 0 radical (unpaired) electrons. The van der Waals surface area contributed by atoms with Crippen molar-refractivity contribution in [2.45, 2.75) is 16.9 Å². The third-order valence-electron chi connectivity index (χ3n) is 2.94. The number of nitrogens with zero attached hydrogens (tertiary/aromatic N) is 1. The van der Waals surface area contributed by atoms with Gasteiger partial charge in [0, 0.05) is 10.6 Å². The van der Waals surface area contributed by atoms with Crippen molar-refractivity contribution in [3.05, 3.63) is 29.8 Å². The Morgan fingerprint density at radius 2 is 2.27 bits per heavy atom. The van der Waals surface area contributed by atoms with Crippen LogP contribution in [-0.2, 0) is 10.3 Å². The summed E-state index contributed by atoms with van der Waals surface area (Å²) < 4.78 is 5.32. The van der Waals surface area contributed by atoms with Gasteiger partial charge in [0.05, 0.1) is 0 Å². The van der Waals surface area contributed by atoms with Crippen LogP contribution in [0.25, 0.3) is 0 Å². The number of fused-ring (bicyclic) bond motifs is 2. The topological polar surface area (TPSA) is 47.6 Å². The van der Waals surface area contributed by atoms with Crippen molar-refractivity contribution in [3.8, 4) is 0 Å². The molecule has 2 N–H and O–H groups in total. The Hall–Kier alpha value is -1.16. The predicted octanol–water partition coefficient (Wildman–Crippen LogP) is 1.72. The Bertz CT molecular complexity index is 432. The molecule has 2 aliphatic rings. The van der Waals surface area contributed by atoms with Gasteiger partial charge in [-0.25, -0.2) is 4.99 Å². The zero-order valence-corrected chi connectivity index (χ0v) is 9.09. The molecule has 1 spiro atoms. The Kier molecular flexibility index (Phi) is 1.92. The van der Waals surface area contributed by atoms with Gasteiger partial charge in [0.25, 0.3) is 6.02 Å². The maximum atomic E-state index is 5.62. The average molecular weight is 220 g/mol. The average Bonchev–Trinajstić information content (AvgIpc) is 2.62. The number of benzene rings is 1. The van der Waals surface area contributed by atoms with Crippen LogP contribution < -0.4 is 5.73 Å². The highest BCUT2D eigenvalue weighted by molar-refractivity contribution is 7.99. The molecule has 1 atom stereocenters. The molecule has 1 aromatic carbocycles. The monoisotopic (exact) mass is 220 g/mol. The molecule has 0 aromatic heterocycles. The lowest BCUT2D eigenvalue weighted by Crippen LogP contribution is -2.29. The minimum atomic E-state index is -0.202. The van der Waals surface area contributed by atoms with Gasteiger partial charge in [-0.05, 0) is 18.1 Å². The molecule has 0 bridgehead atoms. The third-order valence-corrected chi connectivity index (χ3v) is 4.02. The summed E-state index contributed by atoms with van der Waals surface area (Å²) in [4.78, 5) is 5.79. The van der Waals surface area contributed by atoms with Crippen LogP contribution in [0.4, 0.5) is 0 Å². The Labute approximate surface area is 92.7 Å². The van der Waals surface area contributed by atoms with Gasteiger partial charge in [-0.3, -0.25) is 0 Å². The van der Waals surface area contributed by atoms with Crippen molar-refractivity contribution in [1.29, 1.82) is 0 Å². The summed E-state index contributed by atoms with van der Waals surface area (Å²) in [5.41, 5.74) is 6.68. The summed E-state index contributed by atoms with van der Waals surface area (Å²) in [6.07, 6.45) is 1.01. The van der Waals surface area contributed by atoms with Crippen LogP contribution in [0, 0.1) is 0 Å². The molecule has 1 unspecified atom stereocenters. The van der Waals surface area contributed by atoms with Gasteiger partial charge < -0.3 is 10.5 Å². The molecular formula is C11H12N2OS. The minimum absolute atomic E-state index is 0.202. The molecule has 0 saturated heterocycles. The number of aliphatic imine (C=N–C) groups is 1. The molecule has 3 rings (SSSR count). The normalized spacial score (nSPS) is 28.4. The van der Waals surface area contributed by atoms with Crippen molar-refractivity contribution in [2.24, 2.45) is 10.7 Å². The third kappa shape index (κ3) is 1.32. The number of nitrogens with two attached hydrogens (primary N) is 1. The summed E-state index contributed by atoms with van der Waals surface area (Å²) in [6, 6.07) is 8.72. The fourth-order valence-electron chi connectivity index (χ4n) is 2.18. The fourth-order valence-corrected chi connectivity index (χ4v) is 3.42. The summed E-state index contributed by atoms with van der Waals surface area (Å²) in [6.45, 7) is 0.594. The molecule has 2 heterocycles. The SMILES string of the molecule is NC1=NC2(CCSc3ccccc32)CO1. The molecule has 1 aromatic rings. The van der Waals surface area contributed by atoms with E-state index in [1.54, 1.807) is 0 Å². The fraction of sp³-hybridized carbons (Fsp3) is 0.364. The Morgan fingerprint density at radius 3 is 3.07 bits per heavy atom. The van der Waals surface area contributed by atoms with Gasteiger partial charge in [0.15, 0.2) is 0 Å². The smallest absolute Gasteiger partial charge is 0.283 e. The van der Waals surface area contributed by atoms with E-state index >= 15 is 0 Å². The second-order valence-corrected chi connectivity index (χ2v) is 5.00. The summed E-state index contributed by atoms with van der Waals surface area (Å²) >= 11 is 1.89. The summed E-state index contributed by atoms with van der Waals surface area (Å²) in [7, 11) is 0. The highest BCUT2D eigenvalue weighted by atomic mass is 32.2. The van der Waals surface area contributed by atoms with Crippen molar-refractivity contribution >= 4 is 17.8 Å². The minimum Gasteiger partial charge on any atom is -0.462 e. The molecule has 3 nitrogen and oxygen atoms in total. The lowest BCUT2D eigenvalue weighted by Gasteiger charge is -2.30. The highest BCUT2D eigenvalue weighted by Gasteiger charge is 2.41. The first-order chi connectivity index (χ1) is 7.30. The van der Waals surface area contributed by atoms with Crippen molar-refractivity contribution in [3.63, 3.8) is 0 Å². The maximum Gasteiger partial charge on any atom is 0.283 e. The van der Waals surface area contributed by atoms with Gasteiger partial charge in [-0.15, -0.1) is 11.8 Å². The van der Waals surface area contributed by atoms with E-state index in [1.807, 2.05) is 11.8 Å². The molecule has 0 fully saturated rings. The van der Waals surface area contributed by atoms with E-state index in [4.69, 9.17) is 10.5 Å². The van der Waals surface area contributed by atoms with Crippen LogP contribution in [0.1, 0.15) is 12.0 Å². The standard InChI is InChI=1S/C11H12N2OS/c12-10-13-11(7-14-10)5-6-15-9-4-2-1-3-8(9)11/h1-4H,5-7H2,(H2,12,13). The lowest BCUT2D eigenvalue weighted by molar-refractivity contribution is 0.246. The number of thioether (sulfide) groups is 1. The molecule has 0 saturated carbocycles. The summed E-state index contributed by atoms with van der Waals surface area (Å²) in [5.74, 6) is 1.08. The van der Waals surface area contributed by atoms with Gasteiger partial charge in [-0.1, -0.05) is 18.2 Å². The molecule has 2 aliphatic heterocycles. The van der Waals surface area contributed by atoms with E-state index in [2.05, 4.69) is 29.3 Å². The lowest BCUT2D eigenvalue weighted by atomic mass is 9.88. The number of ether oxygens (including phenoxy) is 1. The number of rotatable bonds is 0. The Balaban J connectivity index is 2.14. The summed E-state index contributed by atoms with van der Waals surface area (Å²) in [5, 5.41) is 0. The zero-order valence-electron chi connectivity index (χ0n) is 8.27. The number of hydrogen-bond acceptors (Lipinski definition) is 4. The predicted molar refractivity (Wildman–Crippen MR) is 61.0 cm³/mol. The van der Waals surface area contributed by atoms with Crippen molar-refractivity contribution in [1.82, 2.24) is 0 Å². The quantitative estimate of drug-likeness (QED) is 0.724. The van der Waals surface area contributed by atoms with Crippen LogP contribution in [0.3, 0.4) is 0 Å². The first-order valence-corrected chi connectivity index (χ1v) is 5.99. The molecule has 0 aliphatic carbocycles. The maximum absolute atomic E-state index is 5.62. The molecule has 0 amide bonds. The van der Waals surface area contributed by atoms with Crippen LogP contribution in [0.5, 0.6) is 0 Å². The van der Waals surface area contributed by atoms with Gasteiger partial charge in [0.1, 0.15) is 12.1 Å². The Morgan fingerprint density at radius 1 is 1.40 bits per heavy atom. The zero-order chi connectivity index (χ0) is 10.3. The number of amidine groups is 1. The number of hydrogen-bond donors (Lipinski definition) is 1. The van der Waals surface area contributed by atoms with Gasteiger partial charge in [0.2, 0.25) is 0 Å². The second kappa shape index (κ2) is 3.17. The molecular weight excluding hydrogens is 208 g/mol. The first kappa shape index (κ1) is 9.09. The molecule has 78 valence electrons. The second-order valence-electron chi connectivity index (χ2n) is 3.86. The van der Waals surface area contributed by atoms with E-state index in [0.717, 1.165) is 12.2 Å². The van der Waals surface area contributed by atoms with Gasteiger partial charge in [-0.2, -0.15) is 0 Å². The largest absolute Gasteiger partial charge is 0.462 e. The van der Waals surface area contributed by atoms with Crippen LogP contribution in [-0.4, -0.2) is 18.4 Å². The molecule has 15 heavy (non-hydrogen) atoms. The van der Waals surface area contributed by atoms with E-state index in [-0.39, 0.29) is 5.54 Å². The highest BCUT2D eigenvalue weighted by Crippen LogP contribution is 2.44. The van der Waals surface area contributed by atoms with E-state index < -0.39 is 0 Å². The van der Waals surface area contributed by atoms with Crippen LogP contribution >= 0.6 is 11.8 Å². The molecule has 4 heteroatoms. The van der Waals surface area contributed by atoms with Crippen LogP contribution in [0.15, 0.2) is 34.2 Å². The van der Waals surface area contributed by atoms with Crippen molar-refractivity contribution in [2.75, 3.05) is 12.4 Å². The van der Waals surface area contributed by atoms with Crippen LogP contribution in [0.2, 0.25) is 0 Å². The van der Waals surface area contributed by atoms with E-state index in [0.29, 0.717) is 12.6 Å². The van der Waals surface area contributed by atoms with Crippen molar-refractivity contribution < 1.29 is 4.74 Å². The van der Waals surface area contributed by atoms with Gasteiger partial charge >= 0.3 is 0 Å². The van der Waals surface area contributed by atoms with E-state index in [9.17, 15) is 0 Å². The van der Waals surface area contributed by atoms with E-state index in [1.165, 1.54) is 10.5 Å². The first-order valence-electron chi connectivity index (χ1n) is 5.01.